The molecule has 0 N–H and O–H groups in total. The first-order chi connectivity index (χ1) is 13.7. The fourth-order valence-corrected chi connectivity index (χ4v) is 4.58. The number of rotatable bonds is 2. The lowest BCUT2D eigenvalue weighted by Gasteiger charge is -2.32. The van der Waals surface area contributed by atoms with E-state index in [0.717, 1.165) is 11.3 Å². The molecule has 0 bridgehead atoms. The van der Waals surface area contributed by atoms with E-state index in [-0.39, 0.29) is 17.7 Å². The predicted octanol–water partition coefficient (Wildman–Crippen LogP) is 1.79. The third-order valence-electron chi connectivity index (χ3n) is 6.09. The highest BCUT2D eigenvalue weighted by Crippen LogP contribution is 2.44. The molecule has 28 heavy (non-hydrogen) atoms. The maximum absolute atomic E-state index is 13.7. The highest BCUT2D eigenvalue weighted by Gasteiger charge is 2.58. The first-order valence-corrected chi connectivity index (χ1v) is 9.57. The van der Waals surface area contributed by atoms with Crippen LogP contribution in [0, 0.1) is 11.3 Å². The molecule has 2 aromatic rings. The molecular weight excluding hydrogens is 360 g/mol. The summed E-state index contributed by atoms with van der Waals surface area (Å²) in [6.07, 6.45) is 2.94. The fourth-order valence-electron chi connectivity index (χ4n) is 4.58. The summed E-state index contributed by atoms with van der Waals surface area (Å²) in [5.41, 5.74) is 0.837. The molecule has 1 aromatic carbocycles. The maximum Gasteiger partial charge on any atom is 0.257 e. The van der Waals surface area contributed by atoms with Gasteiger partial charge in [0.2, 0.25) is 5.91 Å². The maximum atomic E-state index is 13.7. The first kappa shape index (κ1) is 17.3. The van der Waals surface area contributed by atoms with E-state index in [1.54, 1.807) is 11.0 Å². The van der Waals surface area contributed by atoms with Crippen LogP contribution in [0.15, 0.2) is 47.3 Å². The highest BCUT2D eigenvalue weighted by atomic mass is 16.5. The summed E-state index contributed by atoms with van der Waals surface area (Å²) in [4.78, 5) is 30.1. The molecule has 2 atom stereocenters. The van der Waals surface area contributed by atoms with Crippen LogP contribution in [0.2, 0.25) is 0 Å². The number of carbonyl (C=O) groups is 2. The number of hydrogen-bond donors (Lipinski definition) is 0. The van der Waals surface area contributed by atoms with Crippen molar-refractivity contribution in [3.05, 3.63) is 54.0 Å². The van der Waals surface area contributed by atoms with Crippen molar-refractivity contribution in [2.75, 3.05) is 39.5 Å². The molecule has 5 rings (SSSR count). The van der Waals surface area contributed by atoms with Crippen LogP contribution in [-0.2, 0) is 16.1 Å². The quantitative estimate of drug-likeness (QED) is 0.792. The van der Waals surface area contributed by atoms with Crippen LogP contribution in [-0.4, -0.2) is 61.1 Å². The van der Waals surface area contributed by atoms with Crippen molar-refractivity contribution in [1.82, 2.24) is 9.80 Å². The Kier molecular flexibility index (Phi) is 4.12. The summed E-state index contributed by atoms with van der Waals surface area (Å²) in [6, 6.07) is 9.47. The molecule has 0 aliphatic carbocycles. The van der Waals surface area contributed by atoms with E-state index in [0.29, 0.717) is 51.6 Å². The Hall–Kier alpha value is -2.80. The Balaban J connectivity index is 1.39. The third-order valence-corrected chi connectivity index (χ3v) is 6.09. The Morgan fingerprint density at radius 1 is 1.14 bits per heavy atom. The average molecular weight is 382 g/mol. The van der Waals surface area contributed by atoms with E-state index < -0.39 is 5.41 Å². The number of nitrogens with zero attached hydrogens (tertiary/aromatic N) is 2. The molecule has 0 saturated carbocycles. The Morgan fingerprint density at radius 3 is 2.89 bits per heavy atom. The monoisotopic (exact) mass is 382 g/mol. The van der Waals surface area contributed by atoms with E-state index in [9.17, 15) is 9.59 Å². The SMILES string of the molecule is O=C(c1ccoc1)N1C[C@@H]2COC[C@]2(C(=O)N2CCOc3ccccc3C2)C1. The molecular formula is C21H22N2O5. The van der Waals surface area contributed by atoms with Crippen molar-refractivity contribution >= 4 is 11.8 Å². The van der Waals surface area contributed by atoms with Crippen molar-refractivity contribution < 1.29 is 23.5 Å². The minimum absolute atomic E-state index is 0.00951. The van der Waals surface area contributed by atoms with Gasteiger partial charge in [0.05, 0.1) is 37.0 Å². The largest absolute Gasteiger partial charge is 0.491 e. The van der Waals surface area contributed by atoms with Gasteiger partial charge < -0.3 is 23.7 Å². The molecule has 0 spiro atoms. The molecule has 0 unspecified atom stereocenters. The van der Waals surface area contributed by atoms with Crippen molar-refractivity contribution in [2.24, 2.45) is 11.3 Å². The van der Waals surface area contributed by atoms with Gasteiger partial charge in [-0.25, -0.2) is 0 Å². The smallest absolute Gasteiger partial charge is 0.257 e. The number of amides is 2. The fraction of sp³-hybridized carbons (Fsp3) is 0.429. The van der Waals surface area contributed by atoms with Gasteiger partial charge in [0, 0.05) is 31.1 Å². The van der Waals surface area contributed by atoms with Crippen molar-refractivity contribution in [1.29, 1.82) is 0 Å². The van der Waals surface area contributed by atoms with Gasteiger partial charge in [-0.15, -0.1) is 0 Å². The second-order valence-electron chi connectivity index (χ2n) is 7.75. The first-order valence-electron chi connectivity index (χ1n) is 9.57. The second-order valence-corrected chi connectivity index (χ2v) is 7.75. The van der Waals surface area contributed by atoms with Crippen LogP contribution < -0.4 is 4.74 Å². The van der Waals surface area contributed by atoms with Crippen LogP contribution in [0.25, 0.3) is 0 Å². The minimum Gasteiger partial charge on any atom is -0.491 e. The zero-order valence-electron chi connectivity index (χ0n) is 15.5. The van der Waals surface area contributed by atoms with Crippen LogP contribution in [0.5, 0.6) is 5.75 Å². The minimum atomic E-state index is -0.682. The average Bonchev–Trinajstić information content (AvgIpc) is 3.40. The Labute approximate surface area is 162 Å². The molecule has 1 aromatic heterocycles. The number of ether oxygens (including phenoxy) is 2. The van der Waals surface area contributed by atoms with Crippen LogP contribution in [0.1, 0.15) is 15.9 Å². The molecule has 2 fully saturated rings. The number of para-hydroxylation sites is 1. The van der Waals surface area contributed by atoms with Gasteiger partial charge in [-0.2, -0.15) is 0 Å². The lowest BCUT2D eigenvalue weighted by Crippen LogP contribution is -2.49. The number of fused-ring (bicyclic) bond motifs is 2. The molecule has 0 radical (unpaired) electrons. The lowest BCUT2D eigenvalue weighted by atomic mass is 9.79. The molecule has 3 aliphatic rings. The molecule has 146 valence electrons. The van der Waals surface area contributed by atoms with Gasteiger partial charge in [-0.3, -0.25) is 9.59 Å². The van der Waals surface area contributed by atoms with Gasteiger partial charge >= 0.3 is 0 Å². The molecule has 2 saturated heterocycles. The Bertz CT molecular complexity index is 896. The highest BCUT2D eigenvalue weighted by molar-refractivity contribution is 5.95. The number of furan rings is 1. The van der Waals surface area contributed by atoms with Gasteiger partial charge in [0.1, 0.15) is 18.6 Å². The molecule has 2 amide bonds. The van der Waals surface area contributed by atoms with E-state index in [1.807, 2.05) is 29.2 Å². The van der Waals surface area contributed by atoms with Gasteiger partial charge in [0.25, 0.3) is 5.91 Å². The van der Waals surface area contributed by atoms with Crippen molar-refractivity contribution in [2.45, 2.75) is 6.54 Å². The standard InChI is InChI=1S/C21H22N2O5/c24-19(16-5-7-26-11-16)23-10-17-12-27-14-21(17,13-23)20(25)22-6-8-28-18-4-2-1-3-15(18)9-22/h1-5,7,11,17H,6,8-10,12-14H2/t17-,21-/m1/s1. The topological polar surface area (TPSA) is 72.2 Å². The molecule has 7 heteroatoms. The summed E-state index contributed by atoms with van der Waals surface area (Å²) in [5, 5.41) is 0. The number of hydrogen-bond acceptors (Lipinski definition) is 5. The number of likely N-dealkylation sites (tertiary alicyclic amines) is 1. The van der Waals surface area contributed by atoms with E-state index >= 15 is 0 Å². The Morgan fingerprint density at radius 2 is 2.04 bits per heavy atom. The second kappa shape index (κ2) is 6.67. The van der Waals surface area contributed by atoms with Gasteiger partial charge in [-0.1, -0.05) is 18.2 Å². The summed E-state index contributed by atoms with van der Waals surface area (Å²) in [5.74, 6) is 0.797. The number of benzene rings is 1. The van der Waals surface area contributed by atoms with Gasteiger partial charge in [0.15, 0.2) is 0 Å². The third kappa shape index (κ3) is 2.69. The zero-order chi connectivity index (χ0) is 19.1. The van der Waals surface area contributed by atoms with Gasteiger partial charge in [-0.05, 0) is 12.1 Å². The number of carbonyl (C=O) groups excluding carboxylic acids is 2. The van der Waals surface area contributed by atoms with Crippen LogP contribution >= 0.6 is 0 Å². The summed E-state index contributed by atoms with van der Waals surface area (Å²) >= 11 is 0. The van der Waals surface area contributed by atoms with E-state index in [4.69, 9.17) is 13.9 Å². The van der Waals surface area contributed by atoms with E-state index in [1.165, 1.54) is 12.5 Å². The molecule has 3 aliphatic heterocycles. The van der Waals surface area contributed by atoms with Crippen molar-refractivity contribution in [3.63, 3.8) is 0 Å². The summed E-state index contributed by atoms with van der Waals surface area (Å²) < 4.78 is 16.6. The van der Waals surface area contributed by atoms with Crippen LogP contribution in [0.4, 0.5) is 0 Å². The predicted molar refractivity (Wildman–Crippen MR) is 98.7 cm³/mol. The lowest BCUT2D eigenvalue weighted by molar-refractivity contribution is -0.143. The zero-order valence-corrected chi connectivity index (χ0v) is 15.5. The summed E-state index contributed by atoms with van der Waals surface area (Å²) in [6.45, 7) is 3.25. The molecule has 4 heterocycles. The van der Waals surface area contributed by atoms with E-state index in [2.05, 4.69) is 0 Å². The van der Waals surface area contributed by atoms with Crippen LogP contribution in [0.3, 0.4) is 0 Å². The molecule has 7 nitrogen and oxygen atoms in total. The summed E-state index contributed by atoms with van der Waals surface area (Å²) in [7, 11) is 0. The van der Waals surface area contributed by atoms with Crippen molar-refractivity contribution in [3.8, 4) is 5.75 Å². The normalized spacial score (nSPS) is 26.4.